The minimum absolute atomic E-state index is 0.237. The van der Waals surface area contributed by atoms with Gasteiger partial charge in [0.05, 0.1) is 5.69 Å². The number of para-hydroxylation sites is 1. The molecule has 0 saturated heterocycles. The highest BCUT2D eigenvalue weighted by atomic mass is 32.2. The van der Waals surface area contributed by atoms with E-state index in [1.165, 1.54) is 7.05 Å². The molecule has 0 unspecified atom stereocenters. The second-order valence-electron chi connectivity index (χ2n) is 4.24. The lowest BCUT2D eigenvalue weighted by atomic mass is 10.3. The second-order valence-corrected chi connectivity index (χ2v) is 6.09. The van der Waals surface area contributed by atoms with Crippen LogP contribution in [0.25, 0.3) is 0 Å². The van der Waals surface area contributed by atoms with Gasteiger partial charge in [-0.15, -0.1) is 10.2 Å². The molecule has 0 radical (unpaired) electrons. The number of anilines is 1. The number of sulfonamides is 1. The Morgan fingerprint density at radius 3 is 2.70 bits per heavy atom. The number of aryl methyl sites for hydroxylation is 1. The van der Waals surface area contributed by atoms with Crippen molar-refractivity contribution in [1.29, 1.82) is 0 Å². The first-order valence-electron chi connectivity index (χ1n) is 6.14. The molecule has 20 heavy (non-hydrogen) atoms. The number of aromatic nitrogens is 3. The van der Waals surface area contributed by atoms with Crippen molar-refractivity contribution in [2.75, 3.05) is 18.9 Å². The van der Waals surface area contributed by atoms with Crippen molar-refractivity contribution < 1.29 is 8.42 Å². The van der Waals surface area contributed by atoms with Crippen LogP contribution in [0.5, 0.6) is 0 Å². The van der Waals surface area contributed by atoms with Gasteiger partial charge in [-0.2, -0.15) is 0 Å². The molecule has 0 aliphatic rings. The zero-order valence-corrected chi connectivity index (χ0v) is 12.2. The van der Waals surface area contributed by atoms with Crippen molar-refractivity contribution in [2.24, 2.45) is 7.05 Å². The Morgan fingerprint density at radius 1 is 1.30 bits per heavy atom. The van der Waals surface area contributed by atoms with Crippen LogP contribution in [0.1, 0.15) is 5.82 Å². The summed E-state index contributed by atoms with van der Waals surface area (Å²) in [6.45, 7) is 0.572. The first kappa shape index (κ1) is 14.5. The van der Waals surface area contributed by atoms with Crippen molar-refractivity contribution in [3.05, 3.63) is 36.4 Å². The van der Waals surface area contributed by atoms with Crippen molar-refractivity contribution in [3.8, 4) is 0 Å². The number of benzene rings is 1. The Labute approximate surface area is 118 Å². The molecule has 108 valence electrons. The Kier molecular flexibility index (Phi) is 4.35. The van der Waals surface area contributed by atoms with Crippen LogP contribution in [0.15, 0.2) is 35.5 Å². The van der Waals surface area contributed by atoms with Crippen molar-refractivity contribution >= 4 is 15.7 Å². The molecule has 0 aliphatic heterocycles. The molecule has 2 N–H and O–H groups in total. The van der Waals surface area contributed by atoms with E-state index >= 15 is 0 Å². The number of nitrogens with zero attached hydrogens (tertiary/aromatic N) is 3. The summed E-state index contributed by atoms with van der Waals surface area (Å²) in [6.07, 6.45) is 2.29. The highest BCUT2D eigenvalue weighted by Crippen LogP contribution is 2.20. The summed E-state index contributed by atoms with van der Waals surface area (Å²) in [6, 6.07) is 6.79. The van der Waals surface area contributed by atoms with Crippen LogP contribution in [0, 0.1) is 0 Å². The second kappa shape index (κ2) is 6.02. The van der Waals surface area contributed by atoms with E-state index in [0.29, 0.717) is 18.7 Å². The SMILES string of the molecule is CNS(=O)(=O)c1ccccc1NCCc1nncn1C. The van der Waals surface area contributed by atoms with Crippen LogP contribution in [-0.4, -0.2) is 36.8 Å². The summed E-state index contributed by atoms with van der Waals surface area (Å²) in [4.78, 5) is 0.237. The Bertz CT molecular complexity index is 681. The van der Waals surface area contributed by atoms with Gasteiger partial charge >= 0.3 is 0 Å². The first-order valence-corrected chi connectivity index (χ1v) is 7.62. The number of nitrogens with one attached hydrogen (secondary N) is 2. The predicted molar refractivity (Wildman–Crippen MR) is 75.9 cm³/mol. The molecular formula is C12H17N5O2S. The summed E-state index contributed by atoms with van der Waals surface area (Å²) in [5.74, 6) is 0.839. The highest BCUT2D eigenvalue weighted by Gasteiger charge is 2.15. The molecule has 8 heteroatoms. The molecule has 2 rings (SSSR count). The fourth-order valence-electron chi connectivity index (χ4n) is 1.80. The molecule has 2 aromatic rings. The number of rotatable bonds is 6. The molecule has 0 amide bonds. The monoisotopic (exact) mass is 295 g/mol. The van der Waals surface area contributed by atoms with Gasteiger partial charge in [-0.05, 0) is 19.2 Å². The largest absolute Gasteiger partial charge is 0.383 e. The van der Waals surface area contributed by atoms with Gasteiger partial charge in [0.1, 0.15) is 17.0 Å². The molecule has 1 aromatic heterocycles. The zero-order valence-electron chi connectivity index (χ0n) is 11.4. The summed E-state index contributed by atoms with van der Waals surface area (Å²) in [5, 5.41) is 10.9. The normalized spacial score (nSPS) is 11.5. The third-order valence-electron chi connectivity index (χ3n) is 2.91. The van der Waals surface area contributed by atoms with E-state index in [-0.39, 0.29) is 4.90 Å². The molecule has 0 spiro atoms. The molecule has 1 heterocycles. The first-order chi connectivity index (χ1) is 9.54. The minimum atomic E-state index is -3.47. The van der Waals surface area contributed by atoms with Crippen LogP contribution in [-0.2, 0) is 23.5 Å². The van der Waals surface area contributed by atoms with E-state index in [9.17, 15) is 8.42 Å². The van der Waals surface area contributed by atoms with Crippen LogP contribution >= 0.6 is 0 Å². The lowest BCUT2D eigenvalue weighted by molar-refractivity contribution is 0.588. The fourth-order valence-corrected chi connectivity index (χ4v) is 2.71. The summed E-state index contributed by atoms with van der Waals surface area (Å²) in [5.41, 5.74) is 0.573. The van der Waals surface area contributed by atoms with Gasteiger partial charge in [-0.25, -0.2) is 13.1 Å². The Balaban J connectivity index is 2.09. The van der Waals surface area contributed by atoms with Gasteiger partial charge in [0.15, 0.2) is 0 Å². The highest BCUT2D eigenvalue weighted by molar-refractivity contribution is 7.89. The molecule has 7 nitrogen and oxygen atoms in total. The average Bonchev–Trinajstić information content (AvgIpc) is 2.85. The topological polar surface area (TPSA) is 88.9 Å². The van der Waals surface area contributed by atoms with E-state index < -0.39 is 10.0 Å². The van der Waals surface area contributed by atoms with Crippen molar-refractivity contribution in [3.63, 3.8) is 0 Å². The van der Waals surface area contributed by atoms with Crippen LogP contribution in [0.4, 0.5) is 5.69 Å². The molecule has 0 fully saturated rings. The molecule has 1 aromatic carbocycles. The quantitative estimate of drug-likeness (QED) is 0.804. The zero-order chi connectivity index (χ0) is 14.6. The maximum atomic E-state index is 11.9. The van der Waals surface area contributed by atoms with Crippen molar-refractivity contribution in [2.45, 2.75) is 11.3 Å². The van der Waals surface area contributed by atoms with E-state index in [2.05, 4.69) is 20.2 Å². The fraction of sp³-hybridized carbons (Fsp3) is 0.333. The standard InChI is InChI=1S/C12H17N5O2S/c1-13-20(18,19)11-6-4-3-5-10(11)14-8-7-12-16-15-9-17(12)2/h3-6,9,13-14H,7-8H2,1-2H3. The Hall–Kier alpha value is -1.93. The average molecular weight is 295 g/mol. The number of hydrogen-bond donors (Lipinski definition) is 2. The van der Waals surface area contributed by atoms with Crippen LogP contribution < -0.4 is 10.0 Å². The lowest BCUT2D eigenvalue weighted by Gasteiger charge is -2.11. The third-order valence-corrected chi connectivity index (χ3v) is 4.39. The molecule has 0 atom stereocenters. The summed E-state index contributed by atoms with van der Waals surface area (Å²) < 4.78 is 27.9. The summed E-state index contributed by atoms with van der Waals surface area (Å²) in [7, 11) is -0.203. The van der Waals surface area contributed by atoms with Gasteiger partial charge in [0.2, 0.25) is 10.0 Å². The van der Waals surface area contributed by atoms with E-state index in [0.717, 1.165) is 5.82 Å². The smallest absolute Gasteiger partial charge is 0.242 e. The maximum Gasteiger partial charge on any atom is 0.242 e. The van der Waals surface area contributed by atoms with Gasteiger partial charge in [0, 0.05) is 20.0 Å². The van der Waals surface area contributed by atoms with Crippen LogP contribution in [0.2, 0.25) is 0 Å². The van der Waals surface area contributed by atoms with Gasteiger partial charge in [-0.3, -0.25) is 0 Å². The van der Waals surface area contributed by atoms with E-state index in [1.54, 1.807) is 30.6 Å². The van der Waals surface area contributed by atoms with E-state index in [4.69, 9.17) is 0 Å². The van der Waals surface area contributed by atoms with Gasteiger partial charge in [-0.1, -0.05) is 12.1 Å². The van der Waals surface area contributed by atoms with Crippen molar-refractivity contribution in [1.82, 2.24) is 19.5 Å². The predicted octanol–water partition coefficient (Wildman–Crippen LogP) is 0.378. The molecule has 0 aliphatic carbocycles. The molecular weight excluding hydrogens is 278 g/mol. The third kappa shape index (κ3) is 3.14. The maximum absolute atomic E-state index is 11.9. The Morgan fingerprint density at radius 2 is 2.05 bits per heavy atom. The van der Waals surface area contributed by atoms with E-state index in [1.807, 2.05) is 11.6 Å². The van der Waals surface area contributed by atoms with Crippen LogP contribution in [0.3, 0.4) is 0 Å². The molecule has 0 saturated carbocycles. The van der Waals surface area contributed by atoms with Gasteiger partial charge < -0.3 is 9.88 Å². The lowest BCUT2D eigenvalue weighted by Crippen LogP contribution is -2.20. The minimum Gasteiger partial charge on any atom is -0.383 e. The number of hydrogen-bond acceptors (Lipinski definition) is 5. The molecule has 0 bridgehead atoms. The summed E-state index contributed by atoms with van der Waals surface area (Å²) >= 11 is 0. The van der Waals surface area contributed by atoms with Gasteiger partial charge in [0.25, 0.3) is 0 Å².